The predicted molar refractivity (Wildman–Crippen MR) is 162 cm³/mol. The van der Waals surface area contributed by atoms with E-state index in [4.69, 9.17) is 43.0 Å². The summed E-state index contributed by atoms with van der Waals surface area (Å²) in [5.74, 6) is -2.73. The second kappa shape index (κ2) is 13.8. The average Bonchev–Trinajstić information content (AvgIpc) is 3.12. The van der Waals surface area contributed by atoms with Gasteiger partial charge in [0, 0.05) is 54.3 Å². The largest absolute Gasteiger partial charge is 0.494 e. The van der Waals surface area contributed by atoms with Crippen LogP contribution in [0.5, 0.6) is 11.5 Å². The number of hydrogen-bond donors (Lipinski definition) is 1. The summed E-state index contributed by atoms with van der Waals surface area (Å²) in [6.07, 6.45) is -1.31. The Kier molecular flexibility index (Phi) is 4.84. The molecule has 4 aromatic rings. The number of nitriles is 1. The lowest BCUT2D eigenvalue weighted by Gasteiger charge is -2.16. The molecule has 210 valence electrons. The van der Waals surface area contributed by atoms with Gasteiger partial charge in [0.15, 0.2) is 5.78 Å². The number of anilines is 2. The standard InChI is InChI=1S/C32H32ClN5O3/c1-5-40-31-17-29-27(15-22(31)14-26(39)10-7-13-38(3)4)32(23(18-34)19-35-29)37-24-11-12-30(28(33)16-24)41-20-25-9-6-8-21(2)36-25/h6-12,15-17,19H,5,13-14,20H2,1-4H3,(H,35,37)/b10-7+/i1D3,5D2,6D,8D,9D,10D,11D,12D,13D2,15D,16D,17D,19D. The lowest BCUT2D eigenvalue weighted by Crippen LogP contribution is -2.11. The molecule has 2 aromatic heterocycles. The van der Waals surface area contributed by atoms with Crippen LogP contribution in [0, 0.1) is 18.3 Å². The van der Waals surface area contributed by atoms with E-state index in [-0.39, 0.29) is 17.4 Å². The maximum atomic E-state index is 13.4. The lowest BCUT2D eigenvalue weighted by atomic mass is 10.0. The molecule has 0 fully saturated rings. The van der Waals surface area contributed by atoms with E-state index in [1.165, 1.54) is 21.0 Å². The number of fused-ring (bicyclic) bond motifs is 1. The number of allylic oxidation sites excluding steroid dienone is 1. The molecule has 0 amide bonds. The molecule has 0 aliphatic carbocycles. The van der Waals surface area contributed by atoms with Crippen LogP contribution in [-0.2, 0) is 17.8 Å². The van der Waals surface area contributed by atoms with Crippen LogP contribution in [0.3, 0.4) is 0 Å². The first-order chi connectivity index (χ1) is 26.6. The summed E-state index contributed by atoms with van der Waals surface area (Å²) in [6.45, 7) is -8.51. The number of nitrogens with zero attached hydrogens (tertiary/aromatic N) is 4. The molecule has 9 heteroatoms. The molecule has 41 heavy (non-hydrogen) atoms. The summed E-state index contributed by atoms with van der Waals surface area (Å²) < 4.78 is 151. The van der Waals surface area contributed by atoms with E-state index in [2.05, 4.69) is 15.3 Å². The smallest absolute Gasteiger partial charge is 0.159 e. The summed E-state index contributed by atoms with van der Waals surface area (Å²) in [5.41, 5.74) is -3.21. The number of benzene rings is 2. The van der Waals surface area contributed by atoms with Gasteiger partial charge in [-0.1, -0.05) is 23.7 Å². The second-order valence-corrected chi connectivity index (χ2v) is 8.69. The van der Waals surface area contributed by atoms with Crippen LogP contribution in [0.15, 0.2) is 66.6 Å². The molecule has 0 unspecified atom stereocenters. The number of pyridine rings is 2. The number of carbonyl (C=O) groups excluding carboxylic acids is 1. The van der Waals surface area contributed by atoms with Gasteiger partial charge < -0.3 is 19.7 Å². The number of aryl methyl sites for hydroxylation is 1. The van der Waals surface area contributed by atoms with Crippen molar-refractivity contribution in [3.05, 3.63) is 94.2 Å². The summed E-state index contributed by atoms with van der Waals surface area (Å²) in [6, 6.07) is -4.51. The van der Waals surface area contributed by atoms with E-state index in [1.807, 2.05) is 0 Å². The van der Waals surface area contributed by atoms with Crippen molar-refractivity contribution in [2.75, 3.05) is 32.5 Å². The number of halogens is 1. The molecule has 1 N–H and O–H groups in total. The molecular formula is C32H32ClN5O3. The van der Waals surface area contributed by atoms with E-state index in [0.717, 1.165) is 4.90 Å². The number of aromatic nitrogens is 2. The van der Waals surface area contributed by atoms with Gasteiger partial charge in [0.25, 0.3) is 0 Å². The number of hydrogen-bond acceptors (Lipinski definition) is 8. The minimum atomic E-state index is -3.56. The molecule has 8 nitrogen and oxygen atoms in total. The second-order valence-electron chi connectivity index (χ2n) is 8.31. The molecule has 0 aliphatic heterocycles. The fourth-order valence-corrected chi connectivity index (χ4v) is 3.51. The molecule has 0 saturated heterocycles. The van der Waals surface area contributed by atoms with Gasteiger partial charge in [0.05, 0.1) is 50.5 Å². The van der Waals surface area contributed by atoms with Crippen molar-refractivity contribution in [2.24, 2.45) is 0 Å². The van der Waals surface area contributed by atoms with Crippen molar-refractivity contribution in [3.63, 3.8) is 0 Å². The molecule has 4 rings (SSSR count). The third kappa shape index (κ3) is 7.82. The molecule has 0 atom stereocenters. The number of ketones is 1. The highest BCUT2D eigenvalue weighted by Gasteiger charge is 2.16. The predicted octanol–water partition coefficient (Wildman–Crippen LogP) is 6.41. The van der Waals surface area contributed by atoms with Crippen molar-refractivity contribution in [3.8, 4) is 17.6 Å². The molecule has 0 saturated carbocycles. The quantitative estimate of drug-likeness (QED) is 0.190. The lowest BCUT2D eigenvalue weighted by molar-refractivity contribution is -0.114. The van der Waals surface area contributed by atoms with Crippen molar-refractivity contribution in [2.45, 2.75) is 26.8 Å². The fraction of sp³-hybridized carbons (Fsp3) is 0.250. The summed E-state index contributed by atoms with van der Waals surface area (Å²) in [7, 11) is 2.65. The molecule has 0 spiro atoms. The Labute approximate surface area is 269 Å². The Bertz CT molecular complexity index is 2410. The molecular weight excluding hydrogens is 538 g/mol. The van der Waals surface area contributed by atoms with Gasteiger partial charge >= 0.3 is 0 Å². The van der Waals surface area contributed by atoms with Crippen molar-refractivity contribution in [1.29, 1.82) is 5.26 Å². The van der Waals surface area contributed by atoms with Gasteiger partial charge in [-0.25, -0.2) is 0 Å². The Morgan fingerprint density at radius 1 is 1.27 bits per heavy atom. The number of likely N-dealkylation sites (N-methyl/N-ethyl adjacent to an activating group) is 1. The van der Waals surface area contributed by atoms with Crippen LogP contribution in [0.1, 0.15) is 52.7 Å². The minimum Gasteiger partial charge on any atom is -0.494 e. The number of ether oxygens (including phenoxy) is 2. The van der Waals surface area contributed by atoms with Crippen LogP contribution in [0.4, 0.5) is 11.4 Å². The number of carbonyl (C=O) groups is 1. The van der Waals surface area contributed by atoms with Gasteiger partial charge in [0.1, 0.15) is 24.2 Å². The third-order valence-corrected chi connectivity index (χ3v) is 5.31. The van der Waals surface area contributed by atoms with E-state index in [9.17, 15) is 11.4 Å². The summed E-state index contributed by atoms with van der Waals surface area (Å²) >= 11 is 6.45. The Balaban J connectivity index is 1.99. The normalized spacial score (nSPS) is 18.3. The van der Waals surface area contributed by atoms with Crippen LogP contribution in [-0.4, -0.2) is 47.8 Å². The Morgan fingerprint density at radius 3 is 2.90 bits per heavy atom. The number of rotatable bonds is 12. The maximum absolute atomic E-state index is 13.4. The van der Waals surface area contributed by atoms with Gasteiger partial charge in [-0.3, -0.25) is 14.8 Å². The highest BCUT2D eigenvalue weighted by atomic mass is 35.5. The molecule has 0 radical (unpaired) electrons. The summed E-state index contributed by atoms with van der Waals surface area (Å²) in [4.78, 5) is 22.4. The monoisotopic (exact) mass is 586 g/mol. The zero-order chi connectivity index (χ0) is 44.1. The molecule has 0 aliphatic rings. The van der Waals surface area contributed by atoms with Crippen LogP contribution in [0.25, 0.3) is 10.9 Å². The first-order valence-electron chi connectivity index (χ1n) is 20.2. The topological polar surface area (TPSA) is 100 Å². The van der Waals surface area contributed by atoms with Crippen molar-refractivity contribution >= 4 is 39.7 Å². The number of nitrogens with one attached hydrogen (secondary N) is 1. The first-order valence-corrected chi connectivity index (χ1v) is 12.0. The zero-order valence-electron chi connectivity index (χ0n) is 38.9. The van der Waals surface area contributed by atoms with Gasteiger partial charge in [-0.2, -0.15) is 5.26 Å². The maximum Gasteiger partial charge on any atom is 0.159 e. The third-order valence-electron chi connectivity index (χ3n) is 5.05. The molecule has 2 aromatic carbocycles. The fourth-order valence-electron chi connectivity index (χ4n) is 3.31. The van der Waals surface area contributed by atoms with Crippen LogP contribution >= 0.6 is 11.6 Å². The zero-order valence-corrected chi connectivity index (χ0v) is 22.6. The minimum absolute atomic E-state index is 0.109. The van der Waals surface area contributed by atoms with Crippen molar-refractivity contribution in [1.82, 2.24) is 14.9 Å². The average molecular weight is 587 g/mol. The molecule has 2 heterocycles. The van der Waals surface area contributed by atoms with E-state index < -0.39 is 143 Å². The highest BCUT2D eigenvalue weighted by Crippen LogP contribution is 2.36. The van der Waals surface area contributed by atoms with Crippen molar-refractivity contribution < 1.29 is 37.6 Å². The van der Waals surface area contributed by atoms with E-state index in [1.54, 1.807) is 6.07 Å². The Hall–Kier alpha value is -4.45. The molecule has 0 bridgehead atoms. The van der Waals surface area contributed by atoms with E-state index in [0.29, 0.717) is 6.08 Å². The van der Waals surface area contributed by atoms with E-state index >= 15 is 0 Å². The van der Waals surface area contributed by atoms with Gasteiger partial charge in [0.2, 0.25) is 0 Å². The Morgan fingerprint density at radius 2 is 2.12 bits per heavy atom. The van der Waals surface area contributed by atoms with Crippen LogP contribution < -0.4 is 14.8 Å². The first kappa shape index (κ1) is 14.4. The summed E-state index contributed by atoms with van der Waals surface area (Å²) in [5, 5.41) is 11.6. The SMILES string of the molecule is [2H]/C(=C\C([2H])([2H])N(C)C)C(=O)Cc1c(OC([2H])([2H])C([2H])([2H])[2H])c([2H])c2nc([2H])c(C#N)c(Nc3c([2H])c([2H])c(OCc4nc(C)c([2H])c([2H])c4[2H])c(Cl)c3[2H])c2c1[2H]. The van der Waals surface area contributed by atoms with Gasteiger partial charge in [-0.05, 0) is 70.2 Å². The van der Waals surface area contributed by atoms with Crippen LogP contribution in [0.2, 0.25) is 5.02 Å². The highest BCUT2D eigenvalue weighted by molar-refractivity contribution is 6.32. The van der Waals surface area contributed by atoms with Gasteiger partial charge in [-0.15, -0.1) is 0 Å².